The van der Waals surface area contributed by atoms with Crippen LogP contribution in [0.25, 0.3) is 11.3 Å². The van der Waals surface area contributed by atoms with Gasteiger partial charge in [0.1, 0.15) is 0 Å². The van der Waals surface area contributed by atoms with E-state index in [0.29, 0.717) is 18.9 Å². The van der Waals surface area contributed by atoms with Gasteiger partial charge in [-0.1, -0.05) is 0 Å². The van der Waals surface area contributed by atoms with Gasteiger partial charge in [0.25, 0.3) is 0 Å². The van der Waals surface area contributed by atoms with Gasteiger partial charge in [-0.25, -0.2) is 9.97 Å². The minimum atomic E-state index is -0.0724. The molecule has 2 aromatic heterocycles. The number of nitrogens with one attached hydrogen (secondary N) is 2. The van der Waals surface area contributed by atoms with Crippen LogP contribution in [0.15, 0.2) is 36.8 Å². The molecule has 0 spiro atoms. The minimum Gasteiger partial charge on any atom is -0.352 e. The number of nitrogens with zero attached hydrogens (tertiary/aromatic N) is 4. The molecule has 1 saturated heterocycles. The van der Waals surface area contributed by atoms with Gasteiger partial charge < -0.3 is 15.5 Å². The second kappa shape index (κ2) is 8.33. The largest absolute Gasteiger partial charge is 0.352 e. The fourth-order valence-corrected chi connectivity index (χ4v) is 3.86. The Hall–Kier alpha value is -3.03. The molecule has 3 heterocycles. The van der Waals surface area contributed by atoms with Crippen LogP contribution in [0.1, 0.15) is 32.1 Å². The molecule has 2 amide bonds. The van der Waals surface area contributed by atoms with Crippen molar-refractivity contribution in [3.8, 4) is 11.3 Å². The molecule has 0 aromatic carbocycles. The summed E-state index contributed by atoms with van der Waals surface area (Å²) < 4.78 is 0. The first-order valence-corrected chi connectivity index (χ1v) is 9.74. The summed E-state index contributed by atoms with van der Waals surface area (Å²) in [7, 11) is 0. The van der Waals surface area contributed by atoms with Gasteiger partial charge in [0.15, 0.2) is 0 Å². The maximum Gasteiger partial charge on any atom is 0.239 e. The molecule has 0 unspecified atom stereocenters. The van der Waals surface area contributed by atoms with Crippen LogP contribution in [-0.4, -0.2) is 56.8 Å². The molecule has 1 saturated carbocycles. The van der Waals surface area contributed by atoms with Crippen molar-refractivity contribution in [3.05, 3.63) is 36.8 Å². The molecule has 0 radical (unpaired) electrons. The lowest BCUT2D eigenvalue weighted by Crippen LogP contribution is -2.42. The molecule has 2 aromatic rings. The summed E-state index contributed by atoms with van der Waals surface area (Å²) in [6.45, 7) is 0.858. The number of likely N-dealkylation sites (tertiary alicyclic amines) is 1. The van der Waals surface area contributed by atoms with Crippen LogP contribution < -0.4 is 10.6 Å². The van der Waals surface area contributed by atoms with Crippen LogP contribution in [0.3, 0.4) is 0 Å². The first-order valence-electron chi connectivity index (χ1n) is 9.74. The lowest BCUT2D eigenvalue weighted by Gasteiger charge is -2.18. The Bertz CT molecular complexity index is 844. The van der Waals surface area contributed by atoms with Crippen molar-refractivity contribution >= 4 is 17.8 Å². The maximum absolute atomic E-state index is 12.2. The van der Waals surface area contributed by atoms with Gasteiger partial charge in [0, 0.05) is 49.2 Å². The zero-order chi connectivity index (χ0) is 19.3. The number of anilines is 1. The highest BCUT2D eigenvalue weighted by Gasteiger charge is 2.28. The van der Waals surface area contributed by atoms with E-state index in [1.54, 1.807) is 23.5 Å². The van der Waals surface area contributed by atoms with Gasteiger partial charge in [-0.2, -0.15) is 0 Å². The molecule has 146 valence electrons. The third-order valence-electron chi connectivity index (χ3n) is 5.27. The molecular formula is C20H24N6O2. The highest BCUT2D eigenvalue weighted by molar-refractivity contribution is 5.86. The van der Waals surface area contributed by atoms with Gasteiger partial charge >= 0.3 is 0 Å². The van der Waals surface area contributed by atoms with E-state index < -0.39 is 0 Å². The average molecular weight is 380 g/mol. The second-order valence-corrected chi connectivity index (χ2v) is 7.34. The number of pyridine rings is 1. The number of carbonyl (C=O) groups is 2. The lowest BCUT2D eigenvalue weighted by atomic mass is 10.2. The smallest absolute Gasteiger partial charge is 0.239 e. The Kier molecular flexibility index (Phi) is 5.45. The summed E-state index contributed by atoms with van der Waals surface area (Å²) in [6, 6.07) is 6.03. The molecule has 2 atom stereocenters. The molecule has 28 heavy (non-hydrogen) atoms. The fourth-order valence-electron chi connectivity index (χ4n) is 3.86. The Balaban J connectivity index is 1.29. The first kappa shape index (κ1) is 18.3. The lowest BCUT2D eigenvalue weighted by molar-refractivity contribution is -0.133. The Morgan fingerprint density at radius 3 is 2.75 bits per heavy atom. The highest BCUT2D eigenvalue weighted by Crippen LogP contribution is 2.23. The van der Waals surface area contributed by atoms with Gasteiger partial charge in [0.05, 0.1) is 12.2 Å². The third-order valence-corrected chi connectivity index (χ3v) is 5.27. The molecule has 2 fully saturated rings. The predicted octanol–water partition coefficient (Wildman–Crippen LogP) is 1.61. The molecule has 2 aliphatic rings. The van der Waals surface area contributed by atoms with Crippen molar-refractivity contribution in [1.82, 2.24) is 25.2 Å². The van der Waals surface area contributed by atoms with E-state index in [-0.39, 0.29) is 30.4 Å². The molecular weight excluding hydrogens is 356 g/mol. The van der Waals surface area contributed by atoms with Crippen molar-refractivity contribution in [1.29, 1.82) is 0 Å². The summed E-state index contributed by atoms with van der Waals surface area (Å²) in [5.41, 5.74) is 1.84. The second-order valence-electron chi connectivity index (χ2n) is 7.34. The molecule has 0 bridgehead atoms. The number of rotatable bonds is 6. The van der Waals surface area contributed by atoms with E-state index in [1.165, 1.54) is 0 Å². The summed E-state index contributed by atoms with van der Waals surface area (Å²) in [5.74, 6) is 0.595. The van der Waals surface area contributed by atoms with E-state index in [9.17, 15) is 9.59 Å². The normalized spacial score (nSPS) is 21.7. The monoisotopic (exact) mass is 380 g/mol. The Morgan fingerprint density at radius 1 is 1.14 bits per heavy atom. The van der Waals surface area contributed by atoms with Crippen LogP contribution in [0.2, 0.25) is 0 Å². The first-order chi connectivity index (χ1) is 13.7. The number of aromatic nitrogens is 3. The van der Waals surface area contributed by atoms with Crippen LogP contribution in [0.5, 0.6) is 0 Å². The van der Waals surface area contributed by atoms with E-state index >= 15 is 0 Å². The molecule has 8 nitrogen and oxygen atoms in total. The molecule has 8 heteroatoms. The summed E-state index contributed by atoms with van der Waals surface area (Å²) >= 11 is 0. The molecule has 4 rings (SSSR count). The number of hydrogen-bond donors (Lipinski definition) is 2. The number of amides is 2. The Labute approximate surface area is 163 Å². The Morgan fingerprint density at radius 2 is 1.96 bits per heavy atom. The van der Waals surface area contributed by atoms with Crippen LogP contribution in [0.4, 0.5) is 5.95 Å². The van der Waals surface area contributed by atoms with Crippen molar-refractivity contribution < 1.29 is 9.59 Å². The summed E-state index contributed by atoms with van der Waals surface area (Å²) in [4.78, 5) is 38.4. The highest BCUT2D eigenvalue weighted by atomic mass is 16.2. The summed E-state index contributed by atoms with van der Waals surface area (Å²) in [6.07, 6.45) is 9.29. The zero-order valence-electron chi connectivity index (χ0n) is 15.7. The van der Waals surface area contributed by atoms with Gasteiger partial charge in [-0.3, -0.25) is 14.6 Å². The molecule has 1 aliphatic heterocycles. The van der Waals surface area contributed by atoms with E-state index in [2.05, 4.69) is 25.6 Å². The number of carbonyl (C=O) groups excluding carboxylic acids is 2. The minimum absolute atomic E-state index is 0.0724. The van der Waals surface area contributed by atoms with E-state index in [1.807, 2.05) is 18.2 Å². The number of hydrogen-bond acceptors (Lipinski definition) is 6. The van der Waals surface area contributed by atoms with Crippen molar-refractivity contribution in [2.45, 2.75) is 44.2 Å². The summed E-state index contributed by atoms with van der Waals surface area (Å²) in [5, 5.41) is 6.44. The van der Waals surface area contributed by atoms with Crippen molar-refractivity contribution in [2.75, 3.05) is 18.4 Å². The quantitative estimate of drug-likeness (QED) is 0.790. The van der Waals surface area contributed by atoms with E-state index in [0.717, 1.165) is 36.9 Å². The average Bonchev–Trinajstić information content (AvgIpc) is 3.31. The van der Waals surface area contributed by atoms with Crippen molar-refractivity contribution in [2.24, 2.45) is 0 Å². The standard InChI is InChI=1S/C20H24N6O2/c27-18(13-26-11-1-2-19(26)28)23-15-3-4-16(12-15)24-20-22-10-7-17(25-20)14-5-8-21-9-6-14/h5-10,15-16H,1-4,11-13H2,(H,23,27)(H,22,24,25)/t15-,16-/m0/s1. The zero-order valence-corrected chi connectivity index (χ0v) is 15.7. The van der Waals surface area contributed by atoms with Crippen molar-refractivity contribution in [3.63, 3.8) is 0 Å². The topological polar surface area (TPSA) is 100 Å². The third kappa shape index (κ3) is 4.44. The van der Waals surface area contributed by atoms with Crippen LogP contribution in [-0.2, 0) is 9.59 Å². The predicted molar refractivity (Wildman–Crippen MR) is 104 cm³/mol. The van der Waals surface area contributed by atoms with Gasteiger partial charge in [0.2, 0.25) is 17.8 Å². The van der Waals surface area contributed by atoms with Crippen LogP contribution >= 0.6 is 0 Å². The van der Waals surface area contributed by atoms with Gasteiger partial charge in [-0.15, -0.1) is 0 Å². The maximum atomic E-state index is 12.2. The van der Waals surface area contributed by atoms with E-state index in [4.69, 9.17) is 0 Å². The fraction of sp³-hybridized carbons (Fsp3) is 0.450. The molecule has 1 aliphatic carbocycles. The molecule has 2 N–H and O–H groups in total. The van der Waals surface area contributed by atoms with Gasteiger partial charge in [-0.05, 0) is 43.9 Å². The SMILES string of the molecule is O=C(CN1CCCC1=O)N[C@H]1CC[C@H](Nc2nccc(-c3ccncc3)n2)C1. The van der Waals surface area contributed by atoms with Crippen LogP contribution in [0, 0.1) is 0 Å².